The van der Waals surface area contributed by atoms with E-state index in [1.54, 1.807) is 20.4 Å². The molecular formula is C19H20ClNO3S. The highest BCUT2D eigenvalue weighted by atomic mass is 35.5. The van der Waals surface area contributed by atoms with Gasteiger partial charge in [0, 0.05) is 23.6 Å². The third kappa shape index (κ3) is 3.59. The first-order valence-electron chi connectivity index (χ1n) is 7.95. The van der Waals surface area contributed by atoms with E-state index in [0.717, 1.165) is 21.2 Å². The van der Waals surface area contributed by atoms with Gasteiger partial charge in [0.15, 0.2) is 16.0 Å². The van der Waals surface area contributed by atoms with Gasteiger partial charge in [-0.2, -0.15) is 0 Å². The van der Waals surface area contributed by atoms with Crippen molar-refractivity contribution in [3.8, 4) is 11.5 Å². The standard InChI is InChI=1S/C19H20ClNO3S/c1-11(10-22)18(17-9-21-19(20)25-17)13-5-4-12-7-15(23-2)16(24-3)8-14(12)6-13/h4-9,11,18,22H,10H2,1-3H3. The average molecular weight is 378 g/mol. The molecular weight excluding hydrogens is 358 g/mol. The van der Waals surface area contributed by atoms with E-state index in [0.29, 0.717) is 16.0 Å². The fourth-order valence-corrected chi connectivity index (χ4v) is 4.29. The summed E-state index contributed by atoms with van der Waals surface area (Å²) < 4.78 is 11.3. The summed E-state index contributed by atoms with van der Waals surface area (Å²) in [4.78, 5) is 5.21. The van der Waals surface area contributed by atoms with E-state index in [9.17, 15) is 5.11 Å². The van der Waals surface area contributed by atoms with Crippen molar-refractivity contribution >= 4 is 33.7 Å². The van der Waals surface area contributed by atoms with Gasteiger partial charge in [-0.25, -0.2) is 4.98 Å². The Balaban J connectivity index is 2.11. The number of fused-ring (bicyclic) bond motifs is 1. The normalized spacial score (nSPS) is 13.6. The molecule has 0 saturated heterocycles. The van der Waals surface area contributed by atoms with Crippen molar-refractivity contribution in [2.75, 3.05) is 20.8 Å². The molecule has 0 fully saturated rings. The second-order valence-corrected chi connectivity index (χ2v) is 7.61. The Morgan fingerprint density at radius 1 is 1.12 bits per heavy atom. The quantitative estimate of drug-likeness (QED) is 0.674. The highest BCUT2D eigenvalue weighted by molar-refractivity contribution is 7.15. The van der Waals surface area contributed by atoms with Gasteiger partial charge in [-0.3, -0.25) is 0 Å². The van der Waals surface area contributed by atoms with Gasteiger partial charge in [-0.05, 0) is 34.4 Å². The molecule has 0 saturated carbocycles. The number of aliphatic hydroxyl groups excluding tert-OH is 1. The van der Waals surface area contributed by atoms with Crippen LogP contribution in [-0.4, -0.2) is 30.9 Å². The van der Waals surface area contributed by atoms with Crippen molar-refractivity contribution in [2.24, 2.45) is 5.92 Å². The molecule has 2 aromatic carbocycles. The van der Waals surface area contributed by atoms with Crippen molar-refractivity contribution in [1.29, 1.82) is 0 Å². The van der Waals surface area contributed by atoms with Gasteiger partial charge in [0.2, 0.25) is 0 Å². The van der Waals surface area contributed by atoms with E-state index >= 15 is 0 Å². The molecule has 0 spiro atoms. The Bertz CT molecular complexity index is 880. The van der Waals surface area contributed by atoms with Crippen LogP contribution in [0.15, 0.2) is 36.5 Å². The van der Waals surface area contributed by atoms with E-state index < -0.39 is 0 Å². The van der Waals surface area contributed by atoms with Crippen LogP contribution in [0, 0.1) is 5.92 Å². The highest BCUT2D eigenvalue weighted by Gasteiger charge is 2.23. The number of thiazole rings is 1. The van der Waals surface area contributed by atoms with Crippen molar-refractivity contribution in [2.45, 2.75) is 12.8 Å². The van der Waals surface area contributed by atoms with Crippen molar-refractivity contribution < 1.29 is 14.6 Å². The Morgan fingerprint density at radius 3 is 2.36 bits per heavy atom. The van der Waals surface area contributed by atoms with Crippen LogP contribution in [0.3, 0.4) is 0 Å². The number of hydrogen-bond donors (Lipinski definition) is 1. The van der Waals surface area contributed by atoms with E-state index in [1.165, 1.54) is 11.3 Å². The largest absolute Gasteiger partial charge is 0.493 e. The topological polar surface area (TPSA) is 51.6 Å². The summed E-state index contributed by atoms with van der Waals surface area (Å²) in [5.41, 5.74) is 1.11. The monoisotopic (exact) mass is 377 g/mol. The van der Waals surface area contributed by atoms with Crippen LogP contribution in [0.2, 0.25) is 4.47 Å². The molecule has 0 aliphatic carbocycles. The van der Waals surface area contributed by atoms with Gasteiger partial charge >= 0.3 is 0 Å². The summed E-state index contributed by atoms with van der Waals surface area (Å²) in [6, 6.07) is 10.2. The zero-order chi connectivity index (χ0) is 18.0. The molecule has 1 aromatic heterocycles. The number of hydrogen-bond acceptors (Lipinski definition) is 5. The van der Waals surface area contributed by atoms with E-state index in [2.05, 4.69) is 23.2 Å². The van der Waals surface area contributed by atoms with Gasteiger partial charge in [-0.1, -0.05) is 36.7 Å². The van der Waals surface area contributed by atoms with Crippen LogP contribution in [0.5, 0.6) is 11.5 Å². The average Bonchev–Trinajstić information content (AvgIpc) is 3.06. The van der Waals surface area contributed by atoms with Gasteiger partial charge in [0.25, 0.3) is 0 Å². The number of benzene rings is 2. The lowest BCUT2D eigenvalue weighted by Gasteiger charge is -2.22. The molecule has 2 atom stereocenters. The second kappa shape index (κ2) is 7.60. The fraction of sp³-hybridized carbons (Fsp3) is 0.316. The summed E-state index contributed by atoms with van der Waals surface area (Å²) in [7, 11) is 3.26. The minimum Gasteiger partial charge on any atom is -0.493 e. The Hall–Kier alpha value is -1.82. The minimum absolute atomic E-state index is 0.0347. The smallest absolute Gasteiger partial charge is 0.183 e. The molecule has 132 valence electrons. The number of nitrogens with zero attached hydrogens (tertiary/aromatic N) is 1. The molecule has 0 aliphatic rings. The number of aliphatic hydroxyl groups is 1. The molecule has 0 aliphatic heterocycles. The first-order chi connectivity index (χ1) is 12.1. The fourth-order valence-electron chi connectivity index (χ4n) is 3.07. The SMILES string of the molecule is COc1cc2ccc(C(c3cnc(Cl)s3)C(C)CO)cc2cc1OC. The number of methoxy groups -OCH3 is 2. The predicted octanol–water partition coefficient (Wildman–Crippen LogP) is 4.73. The van der Waals surface area contributed by atoms with Crippen LogP contribution in [-0.2, 0) is 0 Å². The lowest BCUT2D eigenvalue weighted by Crippen LogP contribution is -2.14. The summed E-state index contributed by atoms with van der Waals surface area (Å²) in [6.07, 6.45) is 1.79. The maximum atomic E-state index is 9.71. The molecule has 2 unspecified atom stereocenters. The molecule has 0 bridgehead atoms. The summed E-state index contributed by atoms with van der Waals surface area (Å²) in [5, 5.41) is 11.8. The maximum absolute atomic E-state index is 9.71. The van der Waals surface area contributed by atoms with E-state index in [1.807, 2.05) is 19.1 Å². The van der Waals surface area contributed by atoms with E-state index in [4.69, 9.17) is 21.1 Å². The highest BCUT2D eigenvalue weighted by Crippen LogP contribution is 2.39. The van der Waals surface area contributed by atoms with Gasteiger partial charge in [0.05, 0.1) is 14.2 Å². The Labute approximate surface area is 156 Å². The van der Waals surface area contributed by atoms with Crippen molar-refractivity contribution in [1.82, 2.24) is 4.98 Å². The van der Waals surface area contributed by atoms with Crippen LogP contribution >= 0.6 is 22.9 Å². The lowest BCUT2D eigenvalue weighted by atomic mass is 9.85. The van der Waals surface area contributed by atoms with Crippen molar-refractivity contribution in [3.05, 3.63) is 51.4 Å². The zero-order valence-electron chi connectivity index (χ0n) is 14.3. The third-order valence-corrected chi connectivity index (χ3v) is 5.58. The molecule has 1 N–H and O–H groups in total. The lowest BCUT2D eigenvalue weighted by molar-refractivity contribution is 0.226. The van der Waals surface area contributed by atoms with Crippen molar-refractivity contribution in [3.63, 3.8) is 0 Å². The molecule has 0 radical (unpaired) electrons. The van der Waals surface area contributed by atoms with Gasteiger partial charge in [-0.15, -0.1) is 11.3 Å². The number of ether oxygens (including phenoxy) is 2. The van der Waals surface area contributed by atoms with Crippen LogP contribution in [0.4, 0.5) is 0 Å². The first kappa shape index (κ1) is 18.0. The number of rotatable bonds is 6. The van der Waals surface area contributed by atoms with Crippen LogP contribution in [0.1, 0.15) is 23.3 Å². The van der Waals surface area contributed by atoms with Gasteiger partial charge in [0.1, 0.15) is 0 Å². The Morgan fingerprint density at radius 2 is 1.80 bits per heavy atom. The third-order valence-electron chi connectivity index (χ3n) is 4.38. The summed E-state index contributed by atoms with van der Waals surface area (Å²) >= 11 is 7.47. The number of aromatic nitrogens is 1. The molecule has 25 heavy (non-hydrogen) atoms. The summed E-state index contributed by atoms with van der Waals surface area (Å²) in [6.45, 7) is 2.11. The maximum Gasteiger partial charge on any atom is 0.183 e. The molecule has 3 aromatic rings. The van der Waals surface area contributed by atoms with E-state index in [-0.39, 0.29) is 18.4 Å². The second-order valence-electron chi connectivity index (χ2n) is 5.97. The zero-order valence-corrected chi connectivity index (χ0v) is 15.9. The predicted molar refractivity (Wildman–Crippen MR) is 102 cm³/mol. The molecule has 4 nitrogen and oxygen atoms in total. The molecule has 1 heterocycles. The molecule has 0 amide bonds. The molecule has 3 rings (SSSR count). The van der Waals surface area contributed by atoms with Crippen LogP contribution in [0.25, 0.3) is 10.8 Å². The number of halogens is 1. The Kier molecular flexibility index (Phi) is 5.47. The van der Waals surface area contributed by atoms with Crippen LogP contribution < -0.4 is 9.47 Å². The molecule has 6 heteroatoms. The van der Waals surface area contributed by atoms with Gasteiger partial charge < -0.3 is 14.6 Å². The first-order valence-corrected chi connectivity index (χ1v) is 9.14. The minimum atomic E-state index is 0.0347. The summed E-state index contributed by atoms with van der Waals surface area (Å²) in [5.74, 6) is 1.48.